The zero-order valence-corrected chi connectivity index (χ0v) is 15.5. The fourth-order valence-electron chi connectivity index (χ4n) is 3.06. The van der Waals surface area contributed by atoms with E-state index in [9.17, 15) is 26.3 Å². The first kappa shape index (κ1) is 20.6. The number of rotatable bonds is 3. The molecule has 0 amide bonds. The van der Waals surface area contributed by atoms with Gasteiger partial charge in [-0.05, 0) is 36.4 Å². The predicted molar refractivity (Wildman–Crippen MR) is 102 cm³/mol. The number of alkyl halides is 6. The second kappa shape index (κ2) is 7.53. The van der Waals surface area contributed by atoms with Gasteiger partial charge in [-0.25, -0.2) is 9.97 Å². The number of aromatic nitrogens is 3. The van der Waals surface area contributed by atoms with Gasteiger partial charge in [-0.15, -0.1) is 0 Å². The molecular weight excluding hydrogens is 422 g/mol. The molecule has 0 unspecified atom stereocenters. The number of pyridine rings is 1. The lowest BCUT2D eigenvalue weighted by Crippen LogP contribution is -2.14. The van der Waals surface area contributed by atoms with Gasteiger partial charge in [0.2, 0.25) is 0 Å². The van der Waals surface area contributed by atoms with Crippen LogP contribution in [0.1, 0.15) is 11.1 Å². The first-order valence-corrected chi connectivity index (χ1v) is 8.84. The normalized spacial score (nSPS) is 12.2. The van der Waals surface area contributed by atoms with E-state index in [0.717, 1.165) is 36.0 Å². The molecule has 158 valence electrons. The molecule has 31 heavy (non-hydrogen) atoms. The molecule has 0 aliphatic heterocycles. The highest BCUT2D eigenvalue weighted by Crippen LogP contribution is 2.41. The summed E-state index contributed by atoms with van der Waals surface area (Å²) in [6.45, 7) is 0. The third-order valence-electron chi connectivity index (χ3n) is 4.49. The average Bonchev–Trinajstić information content (AvgIpc) is 2.72. The van der Waals surface area contributed by atoms with E-state index in [1.54, 1.807) is 18.2 Å². The monoisotopic (exact) mass is 434 g/mol. The molecule has 1 N–H and O–H groups in total. The number of nitrogens with zero attached hydrogens (tertiary/aromatic N) is 3. The third kappa shape index (κ3) is 4.27. The molecule has 0 aliphatic rings. The molecule has 2 aromatic carbocycles. The van der Waals surface area contributed by atoms with Crippen molar-refractivity contribution in [3.05, 3.63) is 78.2 Å². The van der Waals surface area contributed by atoms with Crippen molar-refractivity contribution in [3.63, 3.8) is 0 Å². The zero-order chi connectivity index (χ0) is 22.2. The highest BCUT2D eigenvalue weighted by molar-refractivity contribution is 5.85. The molecule has 0 saturated heterocycles. The van der Waals surface area contributed by atoms with E-state index in [1.807, 2.05) is 0 Å². The van der Waals surface area contributed by atoms with Gasteiger partial charge in [0.15, 0.2) is 0 Å². The van der Waals surface area contributed by atoms with E-state index in [4.69, 9.17) is 0 Å². The van der Waals surface area contributed by atoms with Crippen LogP contribution < -0.4 is 5.32 Å². The molecule has 4 rings (SSSR count). The number of hydrogen-bond donors (Lipinski definition) is 1. The lowest BCUT2D eigenvalue weighted by Gasteiger charge is -2.17. The second-order valence-electron chi connectivity index (χ2n) is 6.55. The zero-order valence-electron chi connectivity index (χ0n) is 15.5. The van der Waals surface area contributed by atoms with Gasteiger partial charge < -0.3 is 5.32 Å². The van der Waals surface area contributed by atoms with E-state index < -0.39 is 29.3 Å². The Morgan fingerprint density at radius 2 is 1.48 bits per heavy atom. The smallest absolute Gasteiger partial charge is 0.340 e. The summed E-state index contributed by atoms with van der Waals surface area (Å²) in [7, 11) is 0. The maximum Gasteiger partial charge on any atom is 0.422 e. The van der Waals surface area contributed by atoms with Gasteiger partial charge in [0, 0.05) is 22.8 Å². The van der Waals surface area contributed by atoms with Gasteiger partial charge in [-0.1, -0.05) is 18.2 Å². The van der Waals surface area contributed by atoms with Gasteiger partial charge in [-0.2, -0.15) is 26.3 Å². The minimum atomic E-state index is -4.83. The van der Waals surface area contributed by atoms with Crippen molar-refractivity contribution in [1.29, 1.82) is 0 Å². The largest absolute Gasteiger partial charge is 0.422 e. The van der Waals surface area contributed by atoms with E-state index in [0.29, 0.717) is 5.52 Å². The summed E-state index contributed by atoms with van der Waals surface area (Å²) < 4.78 is 80.0. The highest BCUT2D eigenvalue weighted by Gasteiger charge is 2.39. The minimum Gasteiger partial charge on any atom is -0.340 e. The summed E-state index contributed by atoms with van der Waals surface area (Å²) in [5, 5.41) is 3.20. The summed E-state index contributed by atoms with van der Waals surface area (Å²) in [4.78, 5) is 11.6. The van der Waals surface area contributed by atoms with Crippen molar-refractivity contribution >= 4 is 22.4 Å². The summed E-state index contributed by atoms with van der Waals surface area (Å²) >= 11 is 0. The maximum absolute atomic E-state index is 13.9. The molecule has 0 fully saturated rings. The van der Waals surface area contributed by atoms with Crippen LogP contribution >= 0.6 is 0 Å². The van der Waals surface area contributed by atoms with Crippen molar-refractivity contribution in [1.82, 2.24) is 15.0 Å². The van der Waals surface area contributed by atoms with E-state index in [-0.39, 0.29) is 16.9 Å². The Bertz CT molecular complexity index is 1230. The molecular formula is C21H12F6N4. The second-order valence-corrected chi connectivity index (χ2v) is 6.55. The van der Waals surface area contributed by atoms with Crippen LogP contribution in [-0.4, -0.2) is 15.0 Å². The molecule has 4 aromatic rings. The topological polar surface area (TPSA) is 50.7 Å². The minimum absolute atomic E-state index is 0.0170. The van der Waals surface area contributed by atoms with Crippen LogP contribution in [0.5, 0.6) is 0 Å². The molecule has 0 atom stereocenters. The molecule has 0 bridgehead atoms. The van der Waals surface area contributed by atoms with Crippen LogP contribution in [0.4, 0.5) is 37.8 Å². The highest BCUT2D eigenvalue weighted by atomic mass is 19.4. The molecule has 0 saturated carbocycles. The molecule has 10 heteroatoms. The van der Waals surface area contributed by atoms with Crippen LogP contribution in [0.15, 0.2) is 67.1 Å². The Balaban J connectivity index is 1.78. The van der Waals surface area contributed by atoms with E-state index in [1.165, 1.54) is 18.3 Å². The number of anilines is 2. The third-order valence-corrected chi connectivity index (χ3v) is 4.49. The van der Waals surface area contributed by atoms with Crippen molar-refractivity contribution in [3.8, 4) is 11.3 Å². The fraction of sp³-hybridized carbons (Fsp3) is 0.0952. The molecule has 0 radical (unpaired) electrons. The Hall–Kier alpha value is -3.69. The van der Waals surface area contributed by atoms with Gasteiger partial charge in [0.05, 0.1) is 16.8 Å². The summed E-state index contributed by atoms with van der Waals surface area (Å²) in [6, 6.07) is 11.7. The van der Waals surface area contributed by atoms with Crippen molar-refractivity contribution < 1.29 is 26.3 Å². The molecule has 4 nitrogen and oxygen atoms in total. The van der Waals surface area contributed by atoms with Gasteiger partial charge in [-0.3, -0.25) is 4.98 Å². The van der Waals surface area contributed by atoms with Crippen molar-refractivity contribution in [2.75, 3.05) is 5.32 Å². The molecule has 0 aliphatic carbocycles. The standard InChI is InChI=1S/C21H12F6N4/c22-20(23,24)14-5-7-15(8-6-14)31-19-17(21(25,26)27)18(29-11-30-19)13-4-3-12-2-1-9-28-16(12)10-13/h1-11H,(H,29,30,31). The van der Waals surface area contributed by atoms with Gasteiger partial charge in [0.1, 0.15) is 17.7 Å². The number of halogens is 6. The fourth-order valence-corrected chi connectivity index (χ4v) is 3.06. The van der Waals surface area contributed by atoms with Crippen LogP contribution in [0.3, 0.4) is 0 Å². The predicted octanol–water partition coefficient (Wildman–Crippen LogP) is 6.47. The number of nitrogens with one attached hydrogen (secondary N) is 1. The lowest BCUT2D eigenvalue weighted by atomic mass is 10.0. The van der Waals surface area contributed by atoms with E-state index >= 15 is 0 Å². The lowest BCUT2D eigenvalue weighted by molar-refractivity contribution is -0.138. The van der Waals surface area contributed by atoms with Crippen LogP contribution in [0, 0.1) is 0 Å². The Morgan fingerprint density at radius 1 is 0.742 bits per heavy atom. The van der Waals surface area contributed by atoms with Crippen LogP contribution in [-0.2, 0) is 12.4 Å². The van der Waals surface area contributed by atoms with E-state index in [2.05, 4.69) is 20.3 Å². The first-order chi connectivity index (χ1) is 14.6. The van der Waals surface area contributed by atoms with Gasteiger partial charge in [0.25, 0.3) is 0 Å². The molecule has 0 spiro atoms. The summed E-state index contributed by atoms with van der Waals surface area (Å²) in [6.07, 6.45) is -6.90. The summed E-state index contributed by atoms with van der Waals surface area (Å²) in [5.41, 5.74) is -1.74. The van der Waals surface area contributed by atoms with Gasteiger partial charge >= 0.3 is 12.4 Å². The molecule has 2 aromatic heterocycles. The number of hydrogen-bond acceptors (Lipinski definition) is 4. The molecule has 2 heterocycles. The Labute approximate surface area is 171 Å². The van der Waals surface area contributed by atoms with Crippen molar-refractivity contribution in [2.24, 2.45) is 0 Å². The Kier molecular flexibility index (Phi) is 5.00. The Morgan fingerprint density at radius 3 is 2.16 bits per heavy atom. The van der Waals surface area contributed by atoms with Crippen LogP contribution in [0.25, 0.3) is 22.2 Å². The first-order valence-electron chi connectivity index (χ1n) is 8.84. The quantitative estimate of drug-likeness (QED) is 0.376. The maximum atomic E-state index is 13.9. The SMILES string of the molecule is FC(F)(F)c1ccc(Nc2ncnc(-c3ccc4cccnc4c3)c2C(F)(F)F)cc1. The number of fused-ring (bicyclic) bond motifs is 1. The van der Waals surface area contributed by atoms with Crippen molar-refractivity contribution in [2.45, 2.75) is 12.4 Å². The van der Waals surface area contributed by atoms with Crippen LogP contribution in [0.2, 0.25) is 0 Å². The number of benzene rings is 2. The average molecular weight is 434 g/mol. The summed E-state index contributed by atoms with van der Waals surface area (Å²) in [5.74, 6) is -0.571.